The molecule has 2 aromatic heterocycles. The maximum atomic E-state index is 12.8. The first-order valence-corrected chi connectivity index (χ1v) is 6.63. The highest BCUT2D eigenvalue weighted by molar-refractivity contribution is 6.31. The Morgan fingerprint density at radius 3 is 2.59 bits per heavy atom. The van der Waals surface area contributed by atoms with Crippen molar-refractivity contribution >= 4 is 23.2 Å². The third-order valence-electron chi connectivity index (χ3n) is 3.19. The number of rotatable bonds is 3. The SMILES string of the molecule is Cc1[nH]nc(C(F)(F)F)c1NC(=O)C(C)n1ncc(Cl)c1C. The molecule has 1 atom stereocenters. The van der Waals surface area contributed by atoms with Crippen molar-refractivity contribution in [3.8, 4) is 0 Å². The van der Waals surface area contributed by atoms with E-state index in [1.165, 1.54) is 24.7 Å². The van der Waals surface area contributed by atoms with Gasteiger partial charge in [-0.15, -0.1) is 0 Å². The van der Waals surface area contributed by atoms with Crippen molar-refractivity contribution in [2.24, 2.45) is 0 Å². The Bertz CT molecular complexity index is 706. The van der Waals surface area contributed by atoms with Crippen LogP contribution in [0.1, 0.15) is 30.0 Å². The van der Waals surface area contributed by atoms with Gasteiger partial charge < -0.3 is 5.32 Å². The van der Waals surface area contributed by atoms with Gasteiger partial charge in [-0.2, -0.15) is 23.4 Å². The fraction of sp³-hybridized carbons (Fsp3) is 0.417. The van der Waals surface area contributed by atoms with Gasteiger partial charge in [0, 0.05) is 0 Å². The van der Waals surface area contributed by atoms with Gasteiger partial charge >= 0.3 is 6.18 Å². The number of carbonyl (C=O) groups is 1. The monoisotopic (exact) mass is 335 g/mol. The Kier molecular flexibility index (Phi) is 4.19. The number of amides is 1. The summed E-state index contributed by atoms with van der Waals surface area (Å²) in [6.45, 7) is 4.55. The summed E-state index contributed by atoms with van der Waals surface area (Å²) in [4.78, 5) is 12.2. The molecule has 2 rings (SSSR count). The molecule has 2 aromatic rings. The number of aryl methyl sites for hydroxylation is 1. The molecule has 22 heavy (non-hydrogen) atoms. The maximum absolute atomic E-state index is 12.8. The Labute approximate surface area is 128 Å². The molecule has 1 unspecified atom stereocenters. The van der Waals surface area contributed by atoms with Crippen molar-refractivity contribution in [2.45, 2.75) is 33.0 Å². The van der Waals surface area contributed by atoms with Crippen molar-refractivity contribution in [2.75, 3.05) is 5.32 Å². The molecular formula is C12H13ClF3N5O. The largest absolute Gasteiger partial charge is 0.437 e. The van der Waals surface area contributed by atoms with E-state index < -0.39 is 23.8 Å². The summed E-state index contributed by atoms with van der Waals surface area (Å²) in [7, 11) is 0. The lowest BCUT2D eigenvalue weighted by atomic mass is 10.2. The van der Waals surface area contributed by atoms with Crippen LogP contribution in [0.15, 0.2) is 6.20 Å². The lowest BCUT2D eigenvalue weighted by Crippen LogP contribution is -2.26. The molecule has 2 heterocycles. The van der Waals surface area contributed by atoms with E-state index in [4.69, 9.17) is 11.6 Å². The molecule has 10 heteroatoms. The Morgan fingerprint density at radius 1 is 1.45 bits per heavy atom. The van der Waals surface area contributed by atoms with Crippen molar-refractivity contribution in [1.29, 1.82) is 0 Å². The van der Waals surface area contributed by atoms with E-state index >= 15 is 0 Å². The van der Waals surface area contributed by atoms with Gasteiger partial charge in [0.05, 0.1) is 28.3 Å². The molecule has 1 amide bonds. The van der Waals surface area contributed by atoms with Crippen LogP contribution in [0.25, 0.3) is 0 Å². The summed E-state index contributed by atoms with van der Waals surface area (Å²) in [5.74, 6) is -0.655. The predicted molar refractivity (Wildman–Crippen MR) is 73.6 cm³/mol. The molecule has 0 saturated heterocycles. The zero-order valence-electron chi connectivity index (χ0n) is 11.9. The van der Waals surface area contributed by atoms with E-state index in [1.807, 2.05) is 0 Å². The van der Waals surface area contributed by atoms with E-state index in [9.17, 15) is 18.0 Å². The van der Waals surface area contributed by atoms with E-state index in [0.717, 1.165) is 0 Å². The number of hydrogen-bond acceptors (Lipinski definition) is 3. The zero-order chi connectivity index (χ0) is 16.7. The first-order valence-electron chi connectivity index (χ1n) is 6.25. The number of H-pyrrole nitrogens is 1. The number of nitrogens with zero attached hydrogens (tertiary/aromatic N) is 3. The van der Waals surface area contributed by atoms with Gasteiger partial charge in [0.2, 0.25) is 5.91 Å². The number of nitrogens with one attached hydrogen (secondary N) is 2. The molecule has 0 aromatic carbocycles. The summed E-state index contributed by atoms with van der Waals surface area (Å²) >= 11 is 5.85. The van der Waals surface area contributed by atoms with Crippen LogP contribution in [0.5, 0.6) is 0 Å². The van der Waals surface area contributed by atoms with E-state index in [-0.39, 0.29) is 11.4 Å². The van der Waals surface area contributed by atoms with Crippen LogP contribution in [0, 0.1) is 13.8 Å². The van der Waals surface area contributed by atoms with Crippen LogP contribution in [0.2, 0.25) is 5.02 Å². The van der Waals surface area contributed by atoms with Crippen LogP contribution < -0.4 is 5.32 Å². The number of aromatic nitrogens is 4. The summed E-state index contributed by atoms with van der Waals surface area (Å²) in [5.41, 5.74) is -0.895. The molecular weight excluding hydrogens is 323 g/mol. The van der Waals surface area contributed by atoms with Crippen molar-refractivity contribution in [1.82, 2.24) is 20.0 Å². The average molecular weight is 336 g/mol. The standard InChI is InChI=1S/C12H13ClF3N5O/c1-5-9(10(20-19-5)12(14,15)16)18-11(22)7(3)21-6(2)8(13)4-17-21/h4,7H,1-3H3,(H,18,22)(H,19,20). The second-order valence-electron chi connectivity index (χ2n) is 4.76. The molecule has 120 valence electrons. The first kappa shape index (κ1) is 16.3. The Hall–Kier alpha value is -2.03. The second-order valence-corrected chi connectivity index (χ2v) is 5.16. The van der Waals surface area contributed by atoms with Crippen LogP contribution >= 0.6 is 11.6 Å². The second kappa shape index (κ2) is 5.64. The molecule has 0 saturated carbocycles. The van der Waals surface area contributed by atoms with Gasteiger partial charge in [-0.05, 0) is 20.8 Å². The fourth-order valence-corrected chi connectivity index (χ4v) is 2.05. The Balaban J connectivity index is 2.26. The van der Waals surface area contributed by atoms with Gasteiger partial charge in [0.15, 0.2) is 5.69 Å². The molecule has 0 spiro atoms. The molecule has 0 aliphatic carbocycles. The lowest BCUT2D eigenvalue weighted by Gasteiger charge is -2.15. The minimum atomic E-state index is -4.67. The fourth-order valence-electron chi connectivity index (χ4n) is 1.92. The van der Waals surface area contributed by atoms with Crippen molar-refractivity contribution in [3.05, 3.63) is 28.3 Å². The third kappa shape index (κ3) is 2.94. The van der Waals surface area contributed by atoms with Gasteiger partial charge in [0.1, 0.15) is 6.04 Å². The highest BCUT2D eigenvalue weighted by Crippen LogP contribution is 2.35. The lowest BCUT2D eigenvalue weighted by molar-refractivity contribution is -0.140. The molecule has 0 aliphatic rings. The number of aromatic amines is 1. The minimum Gasteiger partial charge on any atom is -0.321 e. The summed E-state index contributed by atoms with van der Waals surface area (Å²) in [5, 5.41) is 12.0. The topological polar surface area (TPSA) is 75.6 Å². The quantitative estimate of drug-likeness (QED) is 0.905. The molecule has 2 N–H and O–H groups in total. The number of halogens is 4. The van der Waals surface area contributed by atoms with E-state index in [0.29, 0.717) is 10.7 Å². The van der Waals surface area contributed by atoms with Crippen LogP contribution in [0.3, 0.4) is 0 Å². The van der Waals surface area contributed by atoms with Crippen LogP contribution in [0.4, 0.5) is 18.9 Å². The predicted octanol–water partition coefficient (Wildman–Crippen LogP) is 3.09. The molecule has 0 bridgehead atoms. The average Bonchev–Trinajstić information content (AvgIpc) is 2.94. The number of hydrogen-bond donors (Lipinski definition) is 2. The Morgan fingerprint density at radius 2 is 2.09 bits per heavy atom. The normalized spacial score (nSPS) is 13.2. The maximum Gasteiger partial charge on any atom is 0.437 e. The number of anilines is 1. The van der Waals surface area contributed by atoms with Crippen LogP contribution in [-0.2, 0) is 11.0 Å². The van der Waals surface area contributed by atoms with E-state index in [1.54, 1.807) is 6.92 Å². The highest BCUT2D eigenvalue weighted by atomic mass is 35.5. The van der Waals surface area contributed by atoms with E-state index in [2.05, 4.69) is 20.6 Å². The number of carbonyl (C=O) groups excluding carboxylic acids is 1. The van der Waals surface area contributed by atoms with Crippen LogP contribution in [-0.4, -0.2) is 25.9 Å². The highest BCUT2D eigenvalue weighted by Gasteiger charge is 2.38. The summed E-state index contributed by atoms with van der Waals surface area (Å²) in [6, 6.07) is -0.831. The molecule has 0 fully saturated rings. The van der Waals surface area contributed by atoms with Gasteiger partial charge in [0.25, 0.3) is 0 Å². The molecule has 0 radical (unpaired) electrons. The number of alkyl halides is 3. The molecule has 6 nitrogen and oxygen atoms in total. The smallest absolute Gasteiger partial charge is 0.321 e. The first-order chi connectivity index (χ1) is 10.1. The van der Waals surface area contributed by atoms with Crippen molar-refractivity contribution in [3.63, 3.8) is 0 Å². The van der Waals surface area contributed by atoms with Gasteiger partial charge in [-0.1, -0.05) is 11.6 Å². The van der Waals surface area contributed by atoms with Gasteiger partial charge in [-0.3, -0.25) is 14.6 Å². The zero-order valence-corrected chi connectivity index (χ0v) is 12.7. The third-order valence-corrected chi connectivity index (χ3v) is 3.57. The summed E-state index contributed by atoms with van der Waals surface area (Å²) in [6.07, 6.45) is -3.30. The summed E-state index contributed by atoms with van der Waals surface area (Å²) < 4.78 is 39.8. The molecule has 0 aliphatic heterocycles. The van der Waals surface area contributed by atoms with Gasteiger partial charge in [-0.25, -0.2) is 0 Å². The minimum absolute atomic E-state index is 0.114. The van der Waals surface area contributed by atoms with Crippen molar-refractivity contribution < 1.29 is 18.0 Å².